The van der Waals surface area contributed by atoms with Gasteiger partial charge in [-0.1, -0.05) is 26.2 Å². The zero-order valence-electron chi connectivity index (χ0n) is 8.64. The lowest BCUT2D eigenvalue weighted by Crippen LogP contribution is -2.52. The highest BCUT2D eigenvalue weighted by Gasteiger charge is 2.39. The average Bonchev–Trinajstić information content (AvgIpc) is 2.54. The Morgan fingerprint density at radius 1 is 1.38 bits per heavy atom. The summed E-state index contributed by atoms with van der Waals surface area (Å²) in [4.78, 5) is 0. The SMILES string of the molecule is CCCC1CNCC2(CCCC2)O1. The molecule has 2 heteroatoms. The van der Waals surface area contributed by atoms with Crippen LogP contribution < -0.4 is 5.32 Å². The highest BCUT2D eigenvalue weighted by atomic mass is 16.5. The fourth-order valence-corrected chi connectivity index (χ4v) is 2.69. The quantitative estimate of drug-likeness (QED) is 0.707. The van der Waals surface area contributed by atoms with E-state index in [4.69, 9.17) is 4.74 Å². The maximum absolute atomic E-state index is 6.21. The molecule has 0 aromatic carbocycles. The van der Waals surface area contributed by atoms with Crippen LogP contribution in [0.25, 0.3) is 0 Å². The highest BCUT2D eigenvalue weighted by Crippen LogP contribution is 2.35. The molecule has 1 saturated heterocycles. The highest BCUT2D eigenvalue weighted by molar-refractivity contribution is 4.92. The third kappa shape index (κ3) is 2.05. The fraction of sp³-hybridized carbons (Fsp3) is 1.00. The summed E-state index contributed by atoms with van der Waals surface area (Å²) in [5, 5.41) is 3.53. The van der Waals surface area contributed by atoms with Crippen molar-refractivity contribution < 1.29 is 4.74 Å². The lowest BCUT2D eigenvalue weighted by Gasteiger charge is -2.39. The van der Waals surface area contributed by atoms with Crippen molar-refractivity contribution in [1.82, 2.24) is 5.32 Å². The monoisotopic (exact) mass is 183 g/mol. The van der Waals surface area contributed by atoms with Gasteiger partial charge in [-0.15, -0.1) is 0 Å². The minimum Gasteiger partial charge on any atom is -0.369 e. The van der Waals surface area contributed by atoms with Crippen LogP contribution in [0.15, 0.2) is 0 Å². The van der Waals surface area contributed by atoms with Gasteiger partial charge in [-0.3, -0.25) is 0 Å². The Hall–Kier alpha value is -0.0800. The fourth-order valence-electron chi connectivity index (χ4n) is 2.69. The van der Waals surface area contributed by atoms with Gasteiger partial charge in [0.05, 0.1) is 11.7 Å². The van der Waals surface area contributed by atoms with E-state index in [1.54, 1.807) is 0 Å². The molecule has 0 amide bonds. The molecule has 2 rings (SSSR count). The molecule has 1 spiro atoms. The summed E-state index contributed by atoms with van der Waals surface area (Å²) in [6.45, 7) is 4.39. The molecule has 1 atom stereocenters. The van der Waals surface area contributed by atoms with Gasteiger partial charge in [0.2, 0.25) is 0 Å². The zero-order chi connectivity index (χ0) is 9.15. The number of hydrogen-bond acceptors (Lipinski definition) is 2. The van der Waals surface area contributed by atoms with Crippen molar-refractivity contribution in [3.8, 4) is 0 Å². The molecule has 2 aliphatic rings. The maximum atomic E-state index is 6.21. The number of ether oxygens (including phenoxy) is 1. The molecule has 2 nitrogen and oxygen atoms in total. The van der Waals surface area contributed by atoms with Gasteiger partial charge in [-0.25, -0.2) is 0 Å². The maximum Gasteiger partial charge on any atom is 0.0810 e. The number of morpholine rings is 1. The van der Waals surface area contributed by atoms with Crippen molar-refractivity contribution in [2.45, 2.75) is 57.2 Å². The molecule has 1 aliphatic heterocycles. The smallest absolute Gasteiger partial charge is 0.0810 e. The van der Waals surface area contributed by atoms with Gasteiger partial charge in [-0.2, -0.15) is 0 Å². The molecule has 1 heterocycles. The minimum absolute atomic E-state index is 0.234. The van der Waals surface area contributed by atoms with E-state index >= 15 is 0 Å². The summed E-state index contributed by atoms with van der Waals surface area (Å²) in [5.74, 6) is 0. The number of nitrogens with one attached hydrogen (secondary N) is 1. The second kappa shape index (κ2) is 3.97. The van der Waals surface area contributed by atoms with Crippen LogP contribution in [0.2, 0.25) is 0 Å². The van der Waals surface area contributed by atoms with E-state index in [-0.39, 0.29) is 5.60 Å². The Labute approximate surface area is 81.0 Å². The summed E-state index contributed by atoms with van der Waals surface area (Å²) in [6, 6.07) is 0. The van der Waals surface area contributed by atoms with Crippen molar-refractivity contribution in [1.29, 1.82) is 0 Å². The molecule has 0 aromatic heterocycles. The summed E-state index contributed by atoms with van der Waals surface area (Å²) >= 11 is 0. The normalized spacial score (nSPS) is 32.5. The first-order chi connectivity index (χ1) is 6.35. The Kier molecular flexibility index (Phi) is 2.89. The topological polar surface area (TPSA) is 21.3 Å². The van der Waals surface area contributed by atoms with Gasteiger partial charge in [0.15, 0.2) is 0 Å². The minimum atomic E-state index is 0.234. The van der Waals surface area contributed by atoms with E-state index in [0.29, 0.717) is 6.10 Å². The average molecular weight is 183 g/mol. The van der Waals surface area contributed by atoms with Gasteiger partial charge in [-0.05, 0) is 19.3 Å². The Bertz CT molecular complexity index is 161. The molecule has 76 valence electrons. The largest absolute Gasteiger partial charge is 0.369 e. The van der Waals surface area contributed by atoms with E-state index < -0.39 is 0 Å². The van der Waals surface area contributed by atoms with Crippen molar-refractivity contribution in [3.63, 3.8) is 0 Å². The Morgan fingerprint density at radius 2 is 2.15 bits per heavy atom. The first-order valence-electron chi connectivity index (χ1n) is 5.73. The summed E-state index contributed by atoms with van der Waals surface area (Å²) < 4.78 is 6.21. The standard InChI is InChI=1S/C11H21NO/c1-2-5-10-8-12-9-11(13-10)6-3-4-7-11/h10,12H,2-9H2,1H3. The van der Waals surface area contributed by atoms with Crippen LogP contribution in [0.4, 0.5) is 0 Å². The lowest BCUT2D eigenvalue weighted by molar-refractivity contribution is -0.114. The molecule has 0 aromatic rings. The van der Waals surface area contributed by atoms with Crippen LogP contribution in [-0.2, 0) is 4.74 Å². The molecule has 1 saturated carbocycles. The molecule has 13 heavy (non-hydrogen) atoms. The predicted molar refractivity (Wildman–Crippen MR) is 53.8 cm³/mol. The van der Waals surface area contributed by atoms with Crippen LogP contribution in [0.1, 0.15) is 45.4 Å². The summed E-state index contributed by atoms with van der Waals surface area (Å²) in [5.41, 5.74) is 0.234. The van der Waals surface area contributed by atoms with Crippen molar-refractivity contribution in [2.24, 2.45) is 0 Å². The molecule has 2 fully saturated rings. The number of hydrogen-bond donors (Lipinski definition) is 1. The molecule has 1 aliphatic carbocycles. The van der Waals surface area contributed by atoms with E-state index in [1.165, 1.54) is 38.5 Å². The van der Waals surface area contributed by atoms with Crippen LogP contribution in [0, 0.1) is 0 Å². The molecular weight excluding hydrogens is 162 g/mol. The Morgan fingerprint density at radius 3 is 2.85 bits per heavy atom. The van der Waals surface area contributed by atoms with E-state index in [1.807, 2.05) is 0 Å². The Balaban J connectivity index is 1.90. The van der Waals surface area contributed by atoms with E-state index in [0.717, 1.165) is 13.1 Å². The van der Waals surface area contributed by atoms with Gasteiger partial charge in [0.25, 0.3) is 0 Å². The zero-order valence-corrected chi connectivity index (χ0v) is 8.64. The van der Waals surface area contributed by atoms with Crippen LogP contribution in [-0.4, -0.2) is 24.8 Å². The van der Waals surface area contributed by atoms with Crippen molar-refractivity contribution in [2.75, 3.05) is 13.1 Å². The predicted octanol–water partition coefficient (Wildman–Crippen LogP) is 2.09. The van der Waals surface area contributed by atoms with E-state index in [2.05, 4.69) is 12.2 Å². The van der Waals surface area contributed by atoms with E-state index in [9.17, 15) is 0 Å². The van der Waals surface area contributed by atoms with Gasteiger partial charge < -0.3 is 10.1 Å². The van der Waals surface area contributed by atoms with Gasteiger partial charge >= 0.3 is 0 Å². The molecule has 1 unspecified atom stereocenters. The lowest BCUT2D eigenvalue weighted by atomic mass is 9.99. The summed E-state index contributed by atoms with van der Waals surface area (Å²) in [7, 11) is 0. The molecule has 0 radical (unpaired) electrons. The first kappa shape index (κ1) is 9.47. The molecule has 1 N–H and O–H groups in total. The van der Waals surface area contributed by atoms with Crippen molar-refractivity contribution in [3.05, 3.63) is 0 Å². The van der Waals surface area contributed by atoms with Crippen LogP contribution in [0.3, 0.4) is 0 Å². The van der Waals surface area contributed by atoms with Crippen molar-refractivity contribution >= 4 is 0 Å². The third-order valence-corrected chi connectivity index (χ3v) is 3.36. The summed E-state index contributed by atoms with van der Waals surface area (Å²) in [6.07, 6.45) is 8.22. The van der Waals surface area contributed by atoms with Gasteiger partial charge in [0, 0.05) is 13.1 Å². The number of rotatable bonds is 2. The second-order valence-electron chi connectivity index (χ2n) is 4.55. The molecular formula is C11H21NO. The second-order valence-corrected chi connectivity index (χ2v) is 4.55. The molecule has 0 bridgehead atoms. The van der Waals surface area contributed by atoms with Crippen LogP contribution in [0.5, 0.6) is 0 Å². The first-order valence-corrected chi connectivity index (χ1v) is 5.73. The van der Waals surface area contributed by atoms with Crippen LogP contribution >= 0.6 is 0 Å². The van der Waals surface area contributed by atoms with Gasteiger partial charge in [0.1, 0.15) is 0 Å². The third-order valence-electron chi connectivity index (χ3n) is 3.36.